The maximum Gasteiger partial charge on any atom is 0.338 e. The zero-order chi connectivity index (χ0) is 24.4. The van der Waals surface area contributed by atoms with E-state index in [9.17, 15) is 18.0 Å². The highest BCUT2D eigenvalue weighted by molar-refractivity contribution is 7.92. The third-order valence-electron chi connectivity index (χ3n) is 5.23. The Morgan fingerprint density at radius 1 is 0.771 bits per heavy atom. The summed E-state index contributed by atoms with van der Waals surface area (Å²) >= 11 is 0. The Kier molecular flexibility index (Phi) is 5.91. The number of rotatable bonds is 7. The highest BCUT2D eigenvalue weighted by atomic mass is 32.2. The van der Waals surface area contributed by atoms with E-state index in [4.69, 9.17) is 23.7 Å². The number of carbonyl (C=O) groups excluding carboxylic acids is 2. The summed E-state index contributed by atoms with van der Waals surface area (Å²) in [5.41, 5.74) is 0.726. The van der Waals surface area contributed by atoms with Crippen molar-refractivity contribution in [2.24, 2.45) is 0 Å². The van der Waals surface area contributed by atoms with Gasteiger partial charge in [0.25, 0.3) is 10.0 Å². The monoisotopic (exact) mass is 497 g/mol. The summed E-state index contributed by atoms with van der Waals surface area (Å²) in [5, 5.41) is 0. The highest BCUT2D eigenvalue weighted by Gasteiger charge is 2.21. The number of ether oxygens (including phenoxy) is 5. The molecule has 0 unspecified atom stereocenters. The number of benzene rings is 3. The van der Waals surface area contributed by atoms with Crippen LogP contribution in [0.4, 0.5) is 5.69 Å². The Hall–Kier alpha value is -4.25. The molecule has 2 aliphatic heterocycles. The van der Waals surface area contributed by atoms with Crippen LogP contribution in [0.5, 0.6) is 23.0 Å². The van der Waals surface area contributed by atoms with Crippen molar-refractivity contribution in [1.82, 2.24) is 0 Å². The van der Waals surface area contributed by atoms with E-state index in [0.717, 1.165) is 0 Å². The molecule has 1 N–H and O–H groups in total. The minimum absolute atomic E-state index is 0.00673. The van der Waals surface area contributed by atoms with Crippen molar-refractivity contribution in [1.29, 1.82) is 0 Å². The molecule has 0 amide bonds. The molecule has 0 bridgehead atoms. The topological polar surface area (TPSA) is 126 Å². The Balaban J connectivity index is 1.20. The molecule has 10 nitrogen and oxygen atoms in total. The largest absolute Gasteiger partial charge is 0.486 e. The molecular weight excluding hydrogens is 478 g/mol. The molecule has 11 heteroatoms. The minimum atomic E-state index is -3.90. The molecule has 5 rings (SSSR count). The molecule has 0 atom stereocenters. The van der Waals surface area contributed by atoms with Crippen LogP contribution in [-0.2, 0) is 14.8 Å². The average molecular weight is 497 g/mol. The Morgan fingerprint density at radius 2 is 1.40 bits per heavy atom. The quantitative estimate of drug-likeness (QED) is 0.387. The molecule has 3 aromatic rings. The zero-order valence-electron chi connectivity index (χ0n) is 18.2. The first-order chi connectivity index (χ1) is 16.9. The van der Waals surface area contributed by atoms with E-state index in [1.54, 1.807) is 12.1 Å². The van der Waals surface area contributed by atoms with Crippen molar-refractivity contribution in [2.75, 3.05) is 31.3 Å². The number of Topliss-reactive ketones (excluding diaryl/α,β-unsaturated/α-hetero) is 1. The predicted molar refractivity (Wildman–Crippen MR) is 122 cm³/mol. The summed E-state index contributed by atoms with van der Waals surface area (Å²) in [7, 11) is -3.90. The van der Waals surface area contributed by atoms with Crippen LogP contribution in [0.25, 0.3) is 0 Å². The molecular formula is C24H19NO9S. The van der Waals surface area contributed by atoms with Gasteiger partial charge in [0.15, 0.2) is 35.4 Å². The van der Waals surface area contributed by atoms with Gasteiger partial charge in [-0.2, -0.15) is 0 Å². The number of esters is 1. The first-order valence-electron chi connectivity index (χ1n) is 10.5. The number of fused-ring (bicyclic) bond motifs is 2. The summed E-state index contributed by atoms with van der Waals surface area (Å²) in [6, 6.07) is 14.7. The van der Waals surface area contributed by atoms with Gasteiger partial charge >= 0.3 is 5.97 Å². The van der Waals surface area contributed by atoms with Crippen molar-refractivity contribution >= 4 is 27.5 Å². The molecule has 2 heterocycles. The second kappa shape index (κ2) is 9.18. The summed E-state index contributed by atoms with van der Waals surface area (Å²) < 4.78 is 54.3. The fourth-order valence-corrected chi connectivity index (χ4v) is 4.52. The first-order valence-corrected chi connectivity index (χ1v) is 12.0. The normalized spacial score (nSPS) is 13.7. The number of sulfonamides is 1. The Labute approximate surface area is 200 Å². The van der Waals surface area contributed by atoms with Crippen LogP contribution in [0.2, 0.25) is 0 Å². The van der Waals surface area contributed by atoms with Crippen molar-refractivity contribution < 1.29 is 41.7 Å². The molecule has 0 saturated heterocycles. The smallest absolute Gasteiger partial charge is 0.338 e. The summed E-state index contributed by atoms with van der Waals surface area (Å²) in [5.74, 6) is 0.711. The summed E-state index contributed by atoms with van der Waals surface area (Å²) in [6.45, 7) is 0.365. The minimum Gasteiger partial charge on any atom is -0.486 e. The van der Waals surface area contributed by atoms with E-state index in [1.807, 2.05) is 0 Å². The second-order valence-corrected chi connectivity index (χ2v) is 9.24. The molecule has 0 aromatic heterocycles. The van der Waals surface area contributed by atoms with Crippen LogP contribution in [0.15, 0.2) is 65.6 Å². The van der Waals surface area contributed by atoms with Crippen LogP contribution >= 0.6 is 0 Å². The van der Waals surface area contributed by atoms with E-state index >= 15 is 0 Å². The third-order valence-corrected chi connectivity index (χ3v) is 6.60. The van der Waals surface area contributed by atoms with Gasteiger partial charge < -0.3 is 23.7 Å². The van der Waals surface area contributed by atoms with Crippen LogP contribution in [-0.4, -0.2) is 46.8 Å². The van der Waals surface area contributed by atoms with E-state index in [2.05, 4.69) is 4.72 Å². The molecule has 0 saturated carbocycles. The van der Waals surface area contributed by atoms with Gasteiger partial charge in [-0.1, -0.05) is 0 Å². The van der Waals surface area contributed by atoms with Crippen LogP contribution in [0.1, 0.15) is 20.7 Å². The Morgan fingerprint density at radius 3 is 2.20 bits per heavy atom. The number of anilines is 1. The van der Waals surface area contributed by atoms with Crippen LogP contribution in [0, 0.1) is 0 Å². The number of hydrogen-bond acceptors (Lipinski definition) is 9. The number of ketones is 1. The SMILES string of the molecule is O=C(COC(=O)c1ccc(NS(=O)(=O)c2ccc3c(c2)OCCO3)cc1)c1ccc2c(c1)OCO2. The first kappa shape index (κ1) is 22.5. The van der Waals surface area contributed by atoms with Crippen molar-refractivity contribution in [3.8, 4) is 23.0 Å². The molecule has 180 valence electrons. The van der Waals surface area contributed by atoms with Crippen LogP contribution in [0.3, 0.4) is 0 Å². The lowest BCUT2D eigenvalue weighted by molar-refractivity contribution is 0.0475. The van der Waals surface area contributed by atoms with Gasteiger partial charge in [0.2, 0.25) is 6.79 Å². The van der Waals surface area contributed by atoms with Crippen molar-refractivity contribution in [3.63, 3.8) is 0 Å². The van der Waals surface area contributed by atoms with E-state index in [1.165, 1.54) is 48.5 Å². The van der Waals surface area contributed by atoms with E-state index in [0.29, 0.717) is 41.8 Å². The van der Waals surface area contributed by atoms with Gasteiger partial charge in [-0.05, 0) is 54.6 Å². The molecule has 3 aromatic carbocycles. The fraction of sp³-hybridized carbons (Fsp3) is 0.167. The number of nitrogens with one attached hydrogen (secondary N) is 1. The van der Waals surface area contributed by atoms with E-state index in [-0.39, 0.29) is 22.9 Å². The number of hydrogen-bond donors (Lipinski definition) is 1. The van der Waals surface area contributed by atoms with Gasteiger partial charge in [0.1, 0.15) is 13.2 Å². The Bertz CT molecular complexity index is 1400. The zero-order valence-corrected chi connectivity index (χ0v) is 19.0. The van der Waals surface area contributed by atoms with Gasteiger partial charge in [-0.3, -0.25) is 9.52 Å². The maximum atomic E-state index is 12.7. The number of carbonyl (C=O) groups is 2. The lowest BCUT2D eigenvalue weighted by atomic mass is 10.1. The van der Waals surface area contributed by atoms with E-state index < -0.39 is 28.4 Å². The highest BCUT2D eigenvalue weighted by Crippen LogP contribution is 2.33. The lowest BCUT2D eigenvalue weighted by Gasteiger charge is -2.19. The molecule has 0 aliphatic carbocycles. The standard InChI is InChI=1S/C24H19NO9S/c26-19(16-3-7-21-22(11-16)34-14-33-21)13-32-24(27)15-1-4-17(5-2-15)25-35(28,29)18-6-8-20-23(12-18)31-10-9-30-20/h1-8,11-12,25H,9-10,13-14H2. The summed E-state index contributed by atoms with van der Waals surface area (Å²) in [6.07, 6.45) is 0. The fourth-order valence-electron chi connectivity index (χ4n) is 3.45. The van der Waals surface area contributed by atoms with Gasteiger partial charge in [-0.15, -0.1) is 0 Å². The van der Waals surface area contributed by atoms with Gasteiger partial charge in [0, 0.05) is 17.3 Å². The lowest BCUT2D eigenvalue weighted by Crippen LogP contribution is -2.17. The molecule has 0 spiro atoms. The maximum absolute atomic E-state index is 12.7. The second-order valence-electron chi connectivity index (χ2n) is 7.56. The van der Waals surface area contributed by atoms with Gasteiger partial charge in [0.05, 0.1) is 10.5 Å². The molecule has 35 heavy (non-hydrogen) atoms. The molecule has 0 fully saturated rings. The summed E-state index contributed by atoms with van der Waals surface area (Å²) in [4.78, 5) is 24.7. The third kappa shape index (κ3) is 4.85. The van der Waals surface area contributed by atoms with Crippen molar-refractivity contribution in [2.45, 2.75) is 4.90 Å². The average Bonchev–Trinajstić information content (AvgIpc) is 3.35. The van der Waals surface area contributed by atoms with Crippen LogP contribution < -0.4 is 23.7 Å². The van der Waals surface area contributed by atoms with Crippen molar-refractivity contribution in [3.05, 3.63) is 71.8 Å². The molecule has 0 radical (unpaired) electrons. The predicted octanol–water partition coefficient (Wildman–Crippen LogP) is 3.03. The molecule has 2 aliphatic rings. The van der Waals surface area contributed by atoms with Gasteiger partial charge in [-0.25, -0.2) is 13.2 Å².